The van der Waals surface area contributed by atoms with Crippen molar-refractivity contribution in [2.45, 2.75) is 45.8 Å². The van der Waals surface area contributed by atoms with Crippen molar-refractivity contribution in [3.63, 3.8) is 0 Å². The van der Waals surface area contributed by atoms with Crippen LogP contribution in [-0.2, 0) is 9.53 Å². The van der Waals surface area contributed by atoms with Gasteiger partial charge >= 0.3 is 6.11 Å². The molecule has 1 unspecified atom stereocenters. The smallest absolute Gasteiger partial charge is 0.337 e. The average Bonchev–Trinajstić information content (AvgIpc) is 2.26. The van der Waals surface area contributed by atoms with E-state index in [1.807, 2.05) is 0 Å². The van der Waals surface area contributed by atoms with E-state index < -0.39 is 17.6 Å². The number of piperidine rings is 1. The van der Waals surface area contributed by atoms with Crippen molar-refractivity contribution >= 4 is 5.91 Å². The fourth-order valence-corrected chi connectivity index (χ4v) is 1.75. The third-order valence-electron chi connectivity index (χ3n) is 3.05. The molecule has 1 amide bonds. The molecule has 0 aliphatic carbocycles. The van der Waals surface area contributed by atoms with E-state index in [1.165, 1.54) is 31.7 Å². The molecule has 0 bridgehead atoms. The van der Waals surface area contributed by atoms with E-state index in [4.69, 9.17) is 4.74 Å². The van der Waals surface area contributed by atoms with Crippen molar-refractivity contribution in [1.82, 2.24) is 4.90 Å². The second-order valence-corrected chi connectivity index (χ2v) is 5.64. The molecular weight excluding hydrogens is 240 g/mol. The molecule has 0 saturated carbocycles. The Labute approximate surface area is 107 Å². The van der Waals surface area contributed by atoms with E-state index in [1.54, 1.807) is 0 Å². The van der Waals surface area contributed by atoms with Gasteiger partial charge in [0, 0.05) is 13.1 Å². The monoisotopic (exact) mass is 261 g/mol. The molecule has 1 aliphatic heterocycles. The molecular formula is C13H21F2NO2. The Hall–Kier alpha value is -0.970. The predicted octanol–water partition coefficient (Wildman–Crippen LogP) is 2.82. The van der Waals surface area contributed by atoms with Gasteiger partial charge in [-0.1, -0.05) is 27.4 Å². The fourth-order valence-electron chi connectivity index (χ4n) is 1.75. The largest absolute Gasteiger partial charge is 0.360 e. The molecule has 1 saturated heterocycles. The van der Waals surface area contributed by atoms with Crippen LogP contribution < -0.4 is 0 Å². The van der Waals surface area contributed by atoms with E-state index in [-0.39, 0.29) is 12.5 Å². The molecule has 1 heterocycles. The Morgan fingerprint density at radius 1 is 1.44 bits per heavy atom. The summed E-state index contributed by atoms with van der Waals surface area (Å²) in [7, 11) is 0. The van der Waals surface area contributed by atoms with Crippen LogP contribution >= 0.6 is 0 Å². The standard InChI is InChI=1S/C13H21F2NO2/c1-5-11(17)16-8-6-7-10(9-16)18-13(14,15)12(2,3)4/h5,10H,1,6-9H2,2-4H3. The highest BCUT2D eigenvalue weighted by Gasteiger charge is 2.46. The maximum absolute atomic E-state index is 13.8. The van der Waals surface area contributed by atoms with Gasteiger partial charge in [-0.25, -0.2) is 0 Å². The van der Waals surface area contributed by atoms with Crippen LogP contribution in [0.1, 0.15) is 33.6 Å². The molecule has 1 aliphatic rings. The van der Waals surface area contributed by atoms with Crippen molar-refractivity contribution in [2.24, 2.45) is 5.41 Å². The molecule has 0 radical (unpaired) electrons. The highest BCUT2D eigenvalue weighted by molar-refractivity contribution is 5.87. The van der Waals surface area contributed by atoms with Gasteiger partial charge in [-0.2, -0.15) is 8.78 Å². The number of carbonyl (C=O) groups is 1. The van der Waals surface area contributed by atoms with Crippen molar-refractivity contribution in [1.29, 1.82) is 0 Å². The molecule has 0 spiro atoms. The summed E-state index contributed by atoms with van der Waals surface area (Å²) >= 11 is 0. The second kappa shape index (κ2) is 5.34. The van der Waals surface area contributed by atoms with E-state index in [9.17, 15) is 13.6 Å². The van der Waals surface area contributed by atoms with Gasteiger partial charge < -0.3 is 9.64 Å². The summed E-state index contributed by atoms with van der Waals surface area (Å²) in [5.41, 5.74) is -1.25. The van der Waals surface area contributed by atoms with E-state index >= 15 is 0 Å². The van der Waals surface area contributed by atoms with Crippen LogP contribution in [0.3, 0.4) is 0 Å². The van der Waals surface area contributed by atoms with E-state index in [0.717, 1.165) is 0 Å². The first-order chi connectivity index (χ1) is 8.17. The fraction of sp³-hybridized carbons (Fsp3) is 0.769. The molecule has 1 rings (SSSR count). The summed E-state index contributed by atoms with van der Waals surface area (Å²) in [6.45, 7) is 8.47. The Kier molecular flexibility index (Phi) is 4.48. The van der Waals surface area contributed by atoms with Gasteiger partial charge in [0.15, 0.2) is 0 Å². The molecule has 0 N–H and O–H groups in total. The van der Waals surface area contributed by atoms with Gasteiger partial charge in [0.25, 0.3) is 0 Å². The number of ether oxygens (including phenoxy) is 1. The quantitative estimate of drug-likeness (QED) is 0.731. The Bertz CT molecular complexity index is 323. The lowest BCUT2D eigenvalue weighted by Gasteiger charge is -2.37. The Morgan fingerprint density at radius 3 is 2.56 bits per heavy atom. The van der Waals surface area contributed by atoms with Crippen molar-refractivity contribution in [3.05, 3.63) is 12.7 Å². The number of nitrogens with zero attached hydrogens (tertiary/aromatic N) is 1. The summed E-state index contributed by atoms with van der Waals surface area (Å²) in [4.78, 5) is 12.9. The van der Waals surface area contributed by atoms with Crippen LogP contribution in [-0.4, -0.2) is 36.1 Å². The first-order valence-corrected chi connectivity index (χ1v) is 6.14. The van der Waals surface area contributed by atoms with Crippen LogP contribution in [0, 0.1) is 5.41 Å². The van der Waals surface area contributed by atoms with Crippen molar-refractivity contribution < 1.29 is 18.3 Å². The lowest BCUT2D eigenvalue weighted by Crippen LogP contribution is -2.47. The lowest BCUT2D eigenvalue weighted by molar-refractivity contribution is -0.317. The second-order valence-electron chi connectivity index (χ2n) is 5.64. The summed E-state index contributed by atoms with van der Waals surface area (Å²) in [6, 6.07) is 0. The topological polar surface area (TPSA) is 29.5 Å². The normalized spacial score (nSPS) is 21.8. The van der Waals surface area contributed by atoms with E-state index in [2.05, 4.69) is 6.58 Å². The zero-order chi connectivity index (χ0) is 14.0. The minimum absolute atomic E-state index is 0.205. The molecule has 18 heavy (non-hydrogen) atoms. The van der Waals surface area contributed by atoms with Crippen LogP contribution in [0.25, 0.3) is 0 Å². The third kappa shape index (κ3) is 3.51. The highest BCUT2D eigenvalue weighted by atomic mass is 19.3. The highest BCUT2D eigenvalue weighted by Crippen LogP contribution is 2.38. The van der Waals surface area contributed by atoms with Crippen LogP contribution in [0.2, 0.25) is 0 Å². The molecule has 0 aromatic heterocycles. The zero-order valence-corrected chi connectivity index (χ0v) is 11.2. The number of likely N-dealkylation sites (tertiary alicyclic amines) is 1. The molecule has 0 aromatic rings. The van der Waals surface area contributed by atoms with E-state index in [0.29, 0.717) is 19.4 Å². The van der Waals surface area contributed by atoms with Gasteiger partial charge in [0.2, 0.25) is 5.91 Å². The summed E-state index contributed by atoms with van der Waals surface area (Å²) in [5, 5.41) is 0. The molecule has 104 valence electrons. The van der Waals surface area contributed by atoms with Gasteiger partial charge in [0.05, 0.1) is 11.5 Å². The summed E-state index contributed by atoms with van der Waals surface area (Å²) in [6.07, 6.45) is -1.39. The number of halogens is 2. The number of carbonyl (C=O) groups excluding carboxylic acids is 1. The van der Waals surface area contributed by atoms with Gasteiger partial charge in [-0.3, -0.25) is 4.79 Å². The maximum atomic E-state index is 13.8. The minimum atomic E-state index is -3.20. The predicted molar refractivity (Wildman–Crippen MR) is 65.3 cm³/mol. The summed E-state index contributed by atoms with van der Waals surface area (Å²) in [5.74, 6) is -0.234. The number of hydrogen-bond donors (Lipinski definition) is 0. The average molecular weight is 261 g/mol. The number of rotatable bonds is 3. The van der Waals surface area contributed by atoms with Crippen LogP contribution in [0.5, 0.6) is 0 Å². The Morgan fingerprint density at radius 2 is 2.06 bits per heavy atom. The van der Waals surface area contributed by atoms with Gasteiger partial charge in [-0.05, 0) is 18.9 Å². The first kappa shape index (κ1) is 15.1. The zero-order valence-electron chi connectivity index (χ0n) is 11.2. The van der Waals surface area contributed by atoms with Crippen molar-refractivity contribution in [3.8, 4) is 0 Å². The third-order valence-corrected chi connectivity index (χ3v) is 3.05. The molecule has 1 fully saturated rings. The van der Waals surface area contributed by atoms with Crippen LogP contribution in [0.4, 0.5) is 8.78 Å². The lowest BCUT2D eigenvalue weighted by atomic mass is 9.95. The number of amides is 1. The molecule has 3 nitrogen and oxygen atoms in total. The van der Waals surface area contributed by atoms with Gasteiger partial charge in [0.1, 0.15) is 0 Å². The molecule has 1 atom stereocenters. The summed E-state index contributed by atoms with van der Waals surface area (Å²) < 4.78 is 32.5. The maximum Gasteiger partial charge on any atom is 0.360 e. The number of alkyl halides is 2. The van der Waals surface area contributed by atoms with Crippen LogP contribution in [0.15, 0.2) is 12.7 Å². The Balaban J connectivity index is 2.63. The number of hydrogen-bond acceptors (Lipinski definition) is 2. The molecule has 0 aromatic carbocycles. The first-order valence-electron chi connectivity index (χ1n) is 6.14. The van der Waals surface area contributed by atoms with Crippen molar-refractivity contribution in [2.75, 3.05) is 13.1 Å². The SMILES string of the molecule is C=CC(=O)N1CCCC(OC(F)(F)C(C)(C)C)C1. The molecule has 5 heteroatoms. The van der Waals surface area contributed by atoms with Gasteiger partial charge in [-0.15, -0.1) is 0 Å². The minimum Gasteiger partial charge on any atom is -0.337 e.